The smallest absolute Gasteiger partial charge is 0.248 e. The van der Waals surface area contributed by atoms with Gasteiger partial charge in [-0.2, -0.15) is 0 Å². The summed E-state index contributed by atoms with van der Waals surface area (Å²) in [5.74, 6) is 0.993. The molecule has 0 amide bonds. The molecule has 0 fully saturated rings. The van der Waals surface area contributed by atoms with E-state index < -0.39 is 10.0 Å². The molecule has 5 aromatic rings. The second-order valence-electron chi connectivity index (χ2n) is 9.09. The molecule has 0 aliphatic carbocycles. The van der Waals surface area contributed by atoms with Crippen molar-refractivity contribution in [1.82, 2.24) is 14.5 Å². The molecule has 2 aromatic carbocycles. The lowest BCUT2D eigenvalue weighted by Gasteiger charge is -2.10. The molecule has 0 saturated heterocycles. The van der Waals surface area contributed by atoms with E-state index in [9.17, 15) is 8.42 Å². The van der Waals surface area contributed by atoms with Crippen molar-refractivity contribution in [1.29, 1.82) is 0 Å². The van der Waals surface area contributed by atoms with E-state index in [0.717, 1.165) is 61.8 Å². The van der Waals surface area contributed by atoms with E-state index in [4.69, 9.17) is 15.1 Å². The molecule has 0 atom stereocenters. The maximum Gasteiger partial charge on any atom is 0.248 e. The first-order valence-electron chi connectivity index (χ1n) is 11.8. The Balaban J connectivity index is 1.54. The molecule has 0 spiro atoms. The zero-order valence-corrected chi connectivity index (χ0v) is 22.4. The molecule has 0 unspecified atom stereocenters. The normalized spacial score (nSPS) is 11.9. The van der Waals surface area contributed by atoms with Crippen LogP contribution in [0.2, 0.25) is 0 Å². The first-order chi connectivity index (χ1) is 17.2. The van der Waals surface area contributed by atoms with Gasteiger partial charge in [-0.3, -0.25) is 0 Å². The van der Waals surface area contributed by atoms with Gasteiger partial charge in [0.2, 0.25) is 10.0 Å². The summed E-state index contributed by atoms with van der Waals surface area (Å²) in [5.41, 5.74) is 8.54. The quantitative estimate of drug-likeness (QED) is 0.299. The van der Waals surface area contributed by atoms with Gasteiger partial charge in [-0.15, -0.1) is 11.3 Å². The zero-order valence-electron chi connectivity index (χ0n) is 20.7. The predicted octanol–water partition coefficient (Wildman–Crippen LogP) is 6.01. The third-order valence-electron chi connectivity index (χ3n) is 6.39. The fourth-order valence-electron chi connectivity index (χ4n) is 4.63. The molecule has 3 aromatic heterocycles. The van der Waals surface area contributed by atoms with Crippen LogP contribution in [0.25, 0.3) is 32.7 Å². The molecule has 5 rings (SSSR count). The Bertz CT molecular complexity index is 1700. The van der Waals surface area contributed by atoms with Crippen LogP contribution in [-0.2, 0) is 23.0 Å². The number of pyridine rings is 1. The van der Waals surface area contributed by atoms with Crippen LogP contribution in [0.5, 0.6) is 0 Å². The number of nitrogens with two attached hydrogens (primary N) is 1. The van der Waals surface area contributed by atoms with Gasteiger partial charge < -0.3 is 4.57 Å². The lowest BCUT2D eigenvalue weighted by molar-refractivity contribution is 0.600. The first-order valence-corrected chi connectivity index (χ1v) is 14.2. The van der Waals surface area contributed by atoms with Gasteiger partial charge in [0, 0.05) is 22.6 Å². The van der Waals surface area contributed by atoms with Crippen molar-refractivity contribution in [3.8, 4) is 21.6 Å². The van der Waals surface area contributed by atoms with E-state index in [1.54, 1.807) is 0 Å². The molecule has 8 heteroatoms. The van der Waals surface area contributed by atoms with Crippen LogP contribution < -0.4 is 5.14 Å². The van der Waals surface area contributed by atoms with Crippen LogP contribution in [0, 0.1) is 20.8 Å². The number of primary sulfonamides is 1. The number of aromatic nitrogens is 3. The van der Waals surface area contributed by atoms with Gasteiger partial charge in [0.05, 0.1) is 6.54 Å². The monoisotopic (exact) mass is 516 g/mol. The summed E-state index contributed by atoms with van der Waals surface area (Å²) in [7, 11) is -3.88. The average Bonchev–Trinajstić information content (AvgIpc) is 3.43. The van der Waals surface area contributed by atoms with Crippen molar-refractivity contribution in [2.45, 2.75) is 44.9 Å². The highest BCUT2D eigenvalue weighted by molar-refractivity contribution is 7.91. The van der Waals surface area contributed by atoms with Crippen LogP contribution in [0.15, 0.2) is 64.9 Å². The van der Waals surface area contributed by atoms with Gasteiger partial charge in [-0.1, -0.05) is 55.5 Å². The Morgan fingerprint density at radius 1 is 0.917 bits per heavy atom. The number of thiophene rings is 1. The van der Waals surface area contributed by atoms with Gasteiger partial charge in [-0.25, -0.2) is 23.5 Å². The van der Waals surface area contributed by atoms with Crippen molar-refractivity contribution in [3.63, 3.8) is 0 Å². The summed E-state index contributed by atoms with van der Waals surface area (Å²) in [6.07, 6.45) is 0.807. The van der Waals surface area contributed by atoms with E-state index in [0.29, 0.717) is 12.1 Å². The predicted molar refractivity (Wildman–Crippen MR) is 147 cm³/mol. The molecule has 0 aliphatic heterocycles. The third kappa shape index (κ3) is 4.48. The highest BCUT2D eigenvalue weighted by atomic mass is 32.2. The Kier molecular flexibility index (Phi) is 6.28. The lowest BCUT2D eigenvalue weighted by Crippen LogP contribution is -2.11. The SMILES string of the molecule is CCc1nc2c(C)cc(C)nc2n1Cc1ccc(-c2cc(-c3ccccc3C)sc2S(N)(=O)=O)cc1. The van der Waals surface area contributed by atoms with Gasteiger partial charge in [0.15, 0.2) is 5.65 Å². The molecule has 6 nitrogen and oxygen atoms in total. The average molecular weight is 517 g/mol. The molecule has 0 bridgehead atoms. The maximum atomic E-state index is 12.5. The summed E-state index contributed by atoms with van der Waals surface area (Å²) in [4.78, 5) is 10.5. The largest absolute Gasteiger partial charge is 0.308 e. The van der Waals surface area contributed by atoms with Gasteiger partial charge in [-0.05, 0) is 60.7 Å². The molecule has 2 N–H and O–H groups in total. The van der Waals surface area contributed by atoms with Crippen molar-refractivity contribution in [2.75, 3.05) is 0 Å². The fourth-order valence-corrected chi connectivity index (χ4v) is 6.85. The molecule has 184 valence electrons. The number of hydrogen-bond donors (Lipinski definition) is 1. The minimum absolute atomic E-state index is 0.178. The van der Waals surface area contributed by atoms with E-state index in [1.165, 1.54) is 11.3 Å². The van der Waals surface area contributed by atoms with E-state index in [1.807, 2.05) is 68.4 Å². The molecular weight excluding hydrogens is 488 g/mol. The molecule has 0 aliphatic rings. The van der Waals surface area contributed by atoms with Crippen LogP contribution in [0.3, 0.4) is 0 Å². The molecule has 36 heavy (non-hydrogen) atoms. The number of aryl methyl sites for hydroxylation is 4. The minimum Gasteiger partial charge on any atom is -0.308 e. The number of benzene rings is 2. The third-order valence-corrected chi connectivity index (χ3v) is 9.04. The topological polar surface area (TPSA) is 90.9 Å². The van der Waals surface area contributed by atoms with Crippen LogP contribution in [0.1, 0.15) is 35.1 Å². The van der Waals surface area contributed by atoms with Gasteiger partial charge in [0.1, 0.15) is 15.6 Å². The Hall–Kier alpha value is -3.33. The summed E-state index contributed by atoms with van der Waals surface area (Å²) in [5, 5.41) is 5.62. The summed E-state index contributed by atoms with van der Waals surface area (Å²) in [6.45, 7) is 8.82. The van der Waals surface area contributed by atoms with E-state index in [2.05, 4.69) is 24.5 Å². The van der Waals surface area contributed by atoms with Crippen LogP contribution in [-0.4, -0.2) is 23.0 Å². The zero-order chi connectivity index (χ0) is 25.6. The highest BCUT2D eigenvalue weighted by Gasteiger charge is 2.21. The van der Waals surface area contributed by atoms with Gasteiger partial charge in [0.25, 0.3) is 0 Å². The summed E-state index contributed by atoms with van der Waals surface area (Å²) in [6, 6.07) is 19.9. The first kappa shape index (κ1) is 24.4. The highest BCUT2D eigenvalue weighted by Crippen LogP contribution is 2.40. The number of rotatable bonds is 6. The number of sulfonamides is 1. The van der Waals surface area contributed by atoms with Crippen molar-refractivity contribution in [3.05, 3.63) is 88.9 Å². The lowest BCUT2D eigenvalue weighted by atomic mass is 10.0. The van der Waals surface area contributed by atoms with Crippen molar-refractivity contribution >= 4 is 32.5 Å². The minimum atomic E-state index is -3.88. The Morgan fingerprint density at radius 3 is 2.31 bits per heavy atom. The van der Waals surface area contributed by atoms with Gasteiger partial charge >= 0.3 is 0 Å². The summed E-state index contributed by atoms with van der Waals surface area (Å²) >= 11 is 1.21. The van der Waals surface area contributed by atoms with E-state index >= 15 is 0 Å². The van der Waals surface area contributed by atoms with Crippen molar-refractivity contribution in [2.24, 2.45) is 5.14 Å². The fraction of sp³-hybridized carbons (Fsp3) is 0.214. The summed E-state index contributed by atoms with van der Waals surface area (Å²) < 4.78 is 27.3. The Morgan fingerprint density at radius 2 is 1.64 bits per heavy atom. The standard InChI is InChI=1S/C28H28N4O2S2/c1-5-25-31-26-18(3)14-19(4)30-27(26)32(25)16-20-10-12-21(13-11-20)23-15-24(35-28(23)36(29,33)34)22-9-7-6-8-17(22)2/h6-15H,5,16H2,1-4H3,(H2,29,33,34). The molecule has 3 heterocycles. The number of nitrogens with zero attached hydrogens (tertiary/aromatic N) is 3. The number of imidazole rings is 1. The van der Waals surface area contributed by atoms with Crippen molar-refractivity contribution < 1.29 is 8.42 Å². The molecule has 0 saturated carbocycles. The molecule has 0 radical (unpaired) electrons. The van der Waals surface area contributed by atoms with E-state index in [-0.39, 0.29) is 4.21 Å². The number of hydrogen-bond acceptors (Lipinski definition) is 5. The number of fused-ring (bicyclic) bond motifs is 1. The second-order valence-corrected chi connectivity index (χ2v) is 11.9. The maximum absolute atomic E-state index is 12.5. The molecular formula is C28H28N4O2S2. The van der Waals surface area contributed by atoms with Crippen LogP contribution >= 0.6 is 11.3 Å². The second kappa shape index (κ2) is 9.28. The Labute approximate surface area is 215 Å². The van der Waals surface area contributed by atoms with Crippen LogP contribution in [0.4, 0.5) is 0 Å².